The first-order valence-electron chi connectivity index (χ1n) is 14.1. The number of methoxy groups -OCH3 is 1. The van der Waals surface area contributed by atoms with Crippen molar-refractivity contribution in [3.05, 3.63) is 89.0 Å². The van der Waals surface area contributed by atoms with Crippen LogP contribution in [0.4, 0.5) is 10.1 Å². The van der Waals surface area contributed by atoms with Crippen LogP contribution in [-0.2, 0) is 0 Å². The maximum absolute atomic E-state index is 14.5. The van der Waals surface area contributed by atoms with Gasteiger partial charge in [-0.1, -0.05) is 24.3 Å². The number of anilines is 1. The first kappa shape index (κ1) is 32.1. The van der Waals surface area contributed by atoms with Crippen molar-refractivity contribution in [2.75, 3.05) is 25.6 Å². The molecular formula is C32H38FN3O7. The molecule has 2 aromatic rings. The predicted molar refractivity (Wildman–Crippen MR) is 161 cm³/mol. The van der Waals surface area contributed by atoms with Crippen LogP contribution in [0.2, 0.25) is 0 Å². The van der Waals surface area contributed by atoms with Gasteiger partial charge in [0.15, 0.2) is 11.6 Å². The number of fused-ring (bicyclic) bond motifs is 1. The Hall–Kier alpha value is -3.87. The lowest BCUT2D eigenvalue weighted by molar-refractivity contribution is -0.113. The van der Waals surface area contributed by atoms with Crippen molar-refractivity contribution < 1.29 is 39.5 Å². The van der Waals surface area contributed by atoms with E-state index in [4.69, 9.17) is 14.8 Å². The fourth-order valence-corrected chi connectivity index (χ4v) is 5.15. The molecule has 11 heteroatoms. The van der Waals surface area contributed by atoms with Gasteiger partial charge in [-0.25, -0.2) is 4.39 Å². The van der Waals surface area contributed by atoms with Crippen molar-refractivity contribution in [3.63, 3.8) is 0 Å². The average Bonchev–Trinajstić information content (AvgIpc) is 3.45. The minimum Gasteiger partial charge on any atom is -0.494 e. The lowest BCUT2D eigenvalue weighted by atomic mass is 9.86. The van der Waals surface area contributed by atoms with Crippen molar-refractivity contribution in [2.45, 2.75) is 50.6 Å². The van der Waals surface area contributed by atoms with Crippen LogP contribution in [0.1, 0.15) is 40.7 Å². The van der Waals surface area contributed by atoms with Gasteiger partial charge in [-0.05, 0) is 73.2 Å². The predicted octanol–water partition coefficient (Wildman–Crippen LogP) is 2.46. The van der Waals surface area contributed by atoms with Gasteiger partial charge in [0.1, 0.15) is 18.3 Å². The molecule has 4 rings (SSSR count). The van der Waals surface area contributed by atoms with Gasteiger partial charge in [0.2, 0.25) is 0 Å². The van der Waals surface area contributed by atoms with Crippen LogP contribution in [0.25, 0.3) is 5.57 Å². The zero-order valence-corrected chi connectivity index (χ0v) is 24.1. The molecule has 0 spiro atoms. The summed E-state index contributed by atoms with van der Waals surface area (Å²) >= 11 is 0. The van der Waals surface area contributed by atoms with E-state index < -0.39 is 42.7 Å². The lowest BCUT2D eigenvalue weighted by Gasteiger charge is -2.25. The molecule has 0 saturated heterocycles. The monoisotopic (exact) mass is 595 g/mol. The van der Waals surface area contributed by atoms with Crippen molar-refractivity contribution in [1.29, 1.82) is 0 Å². The molecule has 5 atom stereocenters. The average molecular weight is 596 g/mol. The summed E-state index contributed by atoms with van der Waals surface area (Å²) in [7, 11) is 1.43. The molecule has 1 aliphatic heterocycles. The number of carbonyl (C=O) groups excluding carboxylic acids is 1. The third kappa shape index (κ3) is 7.56. The maximum Gasteiger partial charge on any atom is 0.251 e. The molecule has 1 amide bonds. The minimum atomic E-state index is -1.78. The zero-order chi connectivity index (χ0) is 31.1. The Morgan fingerprint density at radius 1 is 1.09 bits per heavy atom. The van der Waals surface area contributed by atoms with E-state index in [0.717, 1.165) is 41.1 Å². The summed E-state index contributed by atoms with van der Waals surface area (Å²) in [6, 6.07) is 10.1. The summed E-state index contributed by atoms with van der Waals surface area (Å²) < 4.78 is 19.6. The van der Waals surface area contributed by atoms with Gasteiger partial charge in [-0.3, -0.25) is 9.79 Å². The first-order valence-corrected chi connectivity index (χ1v) is 14.1. The number of nitrogens with zero attached hydrogens (tertiary/aromatic N) is 1. The van der Waals surface area contributed by atoms with Gasteiger partial charge in [-0.15, -0.1) is 0 Å². The van der Waals surface area contributed by atoms with Crippen LogP contribution < -0.4 is 15.4 Å². The summed E-state index contributed by atoms with van der Waals surface area (Å²) in [5.41, 5.74) is 5.04. The quantitative estimate of drug-likeness (QED) is 0.195. The topological polar surface area (TPSA) is 164 Å². The highest BCUT2D eigenvalue weighted by Gasteiger charge is 2.31. The van der Waals surface area contributed by atoms with Crippen LogP contribution in [0.5, 0.6) is 5.75 Å². The van der Waals surface area contributed by atoms with Gasteiger partial charge in [0.05, 0.1) is 31.2 Å². The second-order valence-electron chi connectivity index (χ2n) is 10.6. The fraction of sp³-hybridized carbons (Fsp3) is 0.375. The molecule has 1 unspecified atom stereocenters. The fourth-order valence-electron chi connectivity index (χ4n) is 5.15. The Morgan fingerprint density at radius 3 is 2.56 bits per heavy atom. The number of hydrogen-bond donors (Lipinski definition) is 7. The van der Waals surface area contributed by atoms with Crippen LogP contribution in [0.15, 0.2) is 71.5 Å². The zero-order valence-electron chi connectivity index (χ0n) is 24.1. The molecule has 2 aliphatic rings. The van der Waals surface area contributed by atoms with E-state index in [2.05, 4.69) is 22.8 Å². The van der Waals surface area contributed by atoms with E-state index >= 15 is 0 Å². The minimum absolute atomic E-state index is 0.0563. The van der Waals surface area contributed by atoms with Crippen molar-refractivity contribution >= 4 is 22.9 Å². The van der Waals surface area contributed by atoms with Gasteiger partial charge in [-0.2, -0.15) is 0 Å². The molecule has 1 heterocycles. The highest BCUT2D eigenvalue weighted by atomic mass is 19.1. The largest absolute Gasteiger partial charge is 0.494 e. The van der Waals surface area contributed by atoms with Gasteiger partial charge in [0.25, 0.3) is 5.91 Å². The molecule has 2 aromatic carbocycles. The Bertz CT molecular complexity index is 1440. The van der Waals surface area contributed by atoms with Crippen molar-refractivity contribution in [3.8, 4) is 5.75 Å². The number of halogens is 1. The molecule has 230 valence electrons. The second-order valence-corrected chi connectivity index (χ2v) is 10.6. The van der Waals surface area contributed by atoms with Crippen molar-refractivity contribution in [2.24, 2.45) is 10.9 Å². The highest BCUT2D eigenvalue weighted by Crippen LogP contribution is 2.37. The number of aliphatic hydroxyl groups is 5. The molecule has 1 aliphatic carbocycles. The van der Waals surface area contributed by atoms with Crippen LogP contribution in [0, 0.1) is 18.7 Å². The van der Waals surface area contributed by atoms with E-state index in [1.807, 2.05) is 18.2 Å². The van der Waals surface area contributed by atoms with Gasteiger partial charge in [0, 0.05) is 29.9 Å². The van der Waals surface area contributed by atoms with E-state index in [-0.39, 0.29) is 18.2 Å². The summed E-state index contributed by atoms with van der Waals surface area (Å²) in [6.45, 7) is 0.587. The molecule has 43 heavy (non-hydrogen) atoms. The lowest BCUT2D eigenvalue weighted by Crippen LogP contribution is -2.49. The van der Waals surface area contributed by atoms with Gasteiger partial charge < -0.3 is 40.9 Å². The standard InChI is InChI=1S/C32H38FN3O7/c1-18-13-20(10-11-21(18)32(42)35-16-26(38)30(40)31(41)27(39)17-37)36-25-8-6-4-3-5-7-22-23(15-34-29(22)25)19-9-12-28(43-2)24(33)14-19/h3-4,8-15,22,26-27,30-31,36-41H,5-7,16-17H2,1-2H3,(H,35,42)/b4-3-,25-8-/t22?,26-,27-,30-,31-/m1/s1. The number of carbonyl (C=O) groups is 1. The van der Waals surface area contributed by atoms with Crippen LogP contribution >= 0.6 is 0 Å². The smallest absolute Gasteiger partial charge is 0.251 e. The second kappa shape index (κ2) is 14.5. The normalized spacial score (nSPS) is 21.3. The molecule has 7 N–H and O–H groups in total. The number of allylic oxidation sites excluding steroid dienone is 5. The first-order chi connectivity index (χ1) is 20.6. The maximum atomic E-state index is 14.5. The van der Waals surface area contributed by atoms with Gasteiger partial charge >= 0.3 is 0 Å². The number of aryl methyl sites for hydroxylation is 1. The number of aliphatic imine (C=N–C) groups is 1. The highest BCUT2D eigenvalue weighted by molar-refractivity contribution is 6.12. The molecule has 0 saturated carbocycles. The summed E-state index contributed by atoms with van der Waals surface area (Å²) in [5.74, 6) is -0.810. The summed E-state index contributed by atoms with van der Waals surface area (Å²) in [5, 5.41) is 54.2. The number of aliphatic hydroxyl groups excluding tert-OH is 5. The molecular weight excluding hydrogens is 557 g/mol. The van der Waals surface area contributed by atoms with Crippen LogP contribution in [-0.4, -0.2) is 81.8 Å². The summed E-state index contributed by atoms with van der Waals surface area (Å²) in [6.07, 6.45) is 3.63. The molecule has 0 fully saturated rings. The number of benzene rings is 2. The number of amides is 1. The Balaban J connectivity index is 1.46. The summed E-state index contributed by atoms with van der Waals surface area (Å²) in [4.78, 5) is 17.6. The molecule has 10 nitrogen and oxygen atoms in total. The Kier molecular flexibility index (Phi) is 10.8. The third-order valence-corrected chi connectivity index (χ3v) is 7.60. The SMILES string of the molecule is COc1ccc(C2=CN=C3/C(Nc4ccc(C(=O)NC[C@@H](O)[C@@H](O)[C@H](O)[C@H](O)CO)c(C)c4)=C/C/C=C\CCC23)cc1F. The van der Waals surface area contributed by atoms with E-state index in [9.17, 15) is 29.6 Å². The Morgan fingerprint density at radius 2 is 1.86 bits per heavy atom. The third-order valence-electron chi connectivity index (χ3n) is 7.60. The molecule has 0 aromatic heterocycles. The van der Waals surface area contributed by atoms with E-state index in [0.29, 0.717) is 17.5 Å². The molecule has 0 radical (unpaired) electrons. The van der Waals surface area contributed by atoms with E-state index in [1.54, 1.807) is 31.3 Å². The van der Waals surface area contributed by atoms with E-state index in [1.165, 1.54) is 13.2 Å². The number of ether oxygens (including phenoxy) is 1. The van der Waals surface area contributed by atoms with Crippen LogP contribution in [0.3, 0.4) is 0 Å². The molecule has 0 bridgehead atoms. The number of rotatable bonds is 11. The Labute approximate surface area is 249 Å². The van der Waals surface area contributed by atoms with Crippen molar-refractivity contribution in [1.82, 2.24) is 5.32 Å². The number of nitrogens with one attached hydrogen (secondary N) is 2. The number of hydrogen-bond acceptors (Lipinski definition) is 9.